The van der Waals surface area contributed by atoms with Gasteiger partial charge in [0.15, 0.2) is 0 Å². The molecule has 5 heteroatoms. The third-order valence-corrected chi connectivity index (χ3v) is 2.27. The van der Waals surface area contributed by atoms with Gasteiger partial charge in [0.2, 0.25) is 0 Å². The van der Waals surface area contributed by atoms with E-state index in [1.165, 1.54) is 20.1 Å². The molecule has 102 valence electrons. The van der Waals surface area contributed by atoms with Gasteiger partial charge in [0.05, 0.1) is 12.7 Å². The first kappa shape index (κ1) is 16.4. The lowest BCUT2D eigenvalue weighted by Gasteiger charge is -2.16. The lowest BCUT2D eigenvalue weighted by molar-refractivity contribution is 0.0168. The van der Waals surface area contributed by atoms with E-state index in [1.54, 1.807) is 0 Å². The first-order chi connectivity index (χ1) is 8.27. The number of methoxy groups -OCH3 is 1. The monoisotopic (exact) mass is 259 g/mol. The van der Waals surface area contributed by atoms with Crippen molar-refractivity contribution in [3.05, 3.63) is 28.8 Å². The zero-order valence-corrected chi connectivity index (χ0v) is 11.3. The maximum atomic E-state index is 13.1. The fourth-order valence-corrected chi connectivity index (χ4v) is 1.48. The van der Waals surface area contributed by atoms with E-state index in [-0.39, 0.29) is 16.8 Å². The predicted molar refractivity (Wildman–Crippen MR) is 67.8 cm³/mol. The molecule has 0 unspecified atom stereocenters. The molecule has 0 fully saturated rings. The summed E-state index contributed by atoms with van der Waals surface area (Å²) in [6.07, 6.45) is 0. The highest BCUT2D eigenvalue weighted by molar-refractivity contribution is 5.95. The number of nitrogens with two attached hydrogens (primary N) is 1. The molecule has 0 spiro atoms. The Labute approximate surface area is 106 Å². The second-order valence-electron chi connectivity index (χ2n) is 3.63. The molecule has 0 saturated heterocycles. The minimum absolute atomic E-state index is 0.00558. The third-order valence-electron chi connectivity index (χ3n) is 2.27. The number of anilines is 1. The number of hydrogen-bond donors (Lipinski definition) is 1. The largest absolute Gasteiger partial charge is 0.465 e. The number of halogens is 2. The SMILES string of the molecule is CC.COC(=O)c1cc(C)c(C(C)(F)F)cc1N. The van der Waals surface area contributed by atoms with Gasteiger partial charge in [-0.2, -0.15) is 0 Å². The summed E-state index contributed by atoms with van der Waals surface area (Å²) in [5.74, 6) is -3.61. The van der Waals surface area contributed by atoms with E-state index in [9.17, 15) is 13.6 Å². The van der Waals surface area contributed by atoms with Gasteiger partial charge in [-0.1, -0.05) is 13.8 Å². The molecule has 0 aliphatic carbocycles. The zero-order chi connectivity index (χ0) is 14.5. The summed E-state index contributed by atoms with van der Waals surface area (Å²) < 4.78 is 30.8. The van der Waals surface area contributed by atoms with Crippen molar-refractivity contribution in [2.75, 3.05) is 12.8 Å². The van der Waals surface area contributed by atoms with Gasteiger partial charge in [0, 0.05) is 18.2 Å². The molecule has 0 amide bonds. The molecule has 1 rings (SSSR count). The Kier molecular flexibility index (Phi) is 5.75. The number of rotatable bonds is 2. The first-order valence-electron chi connectivity index (χ1n) is 5.64. The van der Waals surface area contributed by atoms with Crippen molar-refractivity contribution in [1.82, 2.24) is 0 Å². The second-order valence-corrected chi connectivity index (χ2v) is 3.63. The van der Waals surface area contributed by atoms with Gasteiger partial charge >= 0.3 is 5.97 Å². The molecule has 0 heterocycles. The maximum absolute atomic E-state index is 13.1. The number of carbonyl (C=O) groups excluding carboxylic acids is 1. The highest BCUT2D eigenvalue weighted by Crippen LogP contribution is 2.32. The molecular weight excluding hydrogens is 240 g/mol. The summed E-state index contributed by atoms with van der Waals surface area (Å²) in [6, 6.07) is 2.43. The summed E-state index contributed by atoms with van der Waals surface area (Å²) in [5, 5.41) is 0. The van der Waals surface area contributed by atoms with Crippen molar-refractivity contribution in [3.63, 3.8) is 0 Å². The average Bonchev–Trinajstić information content (AvgIpc) is 2.32. The summed E-state index contributed by atoms with van der Waals surface area (Å²) in [6.45, 7) is 6.28. The van der Waals surface area contributed by atoms with Crippen LogP contribution in [0.15, 0.2) is 12.1 Å². The van der Waals surface area contributed by atoms with Gasteiger partial charge in [0.1, 0.15) is 0 Å². The minimum Gasteiger partial charge on any atom is -0.465 e. The molecule has 0 atom stereocenters. The number of nitrogen functional groups attached to an aromatic ring is 1. The topological polar surface area (TPSA) is 52.3 Å². The van der Waals surface area contributed by atoms with Crippen LogP contribution in [0.1, 0.15) is 42.3 Å². The van der Waals surface area contributed by atoms with Crippen LogP contribution in [0, 0.1) is 6.92 Å². The highest BCUT2D eigenvalue weighted by Gasteiger charge is 2.28. The van der Waals surface area contributed by atoms with Crippen LogP contribution in [0.5, 0.6) is 0 Å². The summed E-state index contributed by atoms with van der Waals surface area (Å²) in [5.41, 5.74) is 5.75. The summed E-state index contributed by atoms with van der Waals surface area (Å²) >= 11 is 0. The smallest absolute Gasteiger partial charge is 0.339 e. The van der Waals surface area contributed by atoms with Crippen molar-refractivity contribution >= 4 is 11.7 Å². The molecule has 1 aromatic rings. The Hall–Kier alpha value is -1.65. The number of hydrogen-bond acceptors (Lipinski definition) is 3. The van der Waals surface area contributed by atoms with E-state index in [0.717, 1.165) is 13.0 Å². The van der Waals surface area contributed by atoms with Gasteiger partial charge in [-0.25, -0.2) is 13.6 Å². The second kappa shape index (κ2) is 6.33. The Bertz CT molecular complexity index is 426. The number of benzene rings is 1. The quantitative estimate of drug-likeness (QED) is 0.653. The van der Waals surface area contributed by atoms with E-state index in [1.807, 2.05) is 13.8 Å². The van der Waals surface area contributed by atoms with Gasteiger partial charge in [0.25, 0.3) is 5.92 Å². The molecule has 18 heavy (non-hydrogen) atoms. The predicted octanol–water partition coefficient (Wildman–Crippen LogP) is 3.50. The Balaban J connectivity index is 0.00000137. The first-order valence-corrected chi connectivity index (χ1v) is 5.64. The van der Waals surface area contributed by atoms with Gasteiger partial charge < -0.3 is 10.5 Å². The number of aryl methyl sites for hydroxylation is 1. The number of ether oxygens (including phenoxy) is 1. The van der Waals surface area contributed by atoms with Crippen LogP contribution in [0.3, 0.4) is 0 Å². The molecule has 2 N–H and O–H groups in total. The molecule has 0 aliphatic rings. The lowest BCUT2D eigenvalue weighted by Crippen LogP contribution is -2.13. The lowest BCUT2D eigenvalue weighted by atomic mass is 9.99. The van der Waals surface area contributed by atoms with Crippen molar-refractivity contribution in [2.24, 2.45) is 0 Å². The molecule has 0 aromatic heterocycles. The van der Waals surface area contributed by atoms with Crippen molar-refractivity contribution in [3.8, 4) is 0 Å². The van der Waals surface area contributed by atoms with Crippen molar-refractivity contribution in [1.29, 1.82) is 0 Å². The van der Waals surface area contributed by atoms with Gasteiger partial charge in [-0.3, -0.25) is 0 Å². The van der Waals surface area contributed by atoms with E-state index in [4.69, 9.17) is 5.73 Å². The third kappa shape index (κ3) is 3.68. The van der Waals surface area contributed by atoms with Gasteiger partial charge in [-0.05, 0) is 24.6 Å². The van der Waals surface area contributed by atoms with E-state index >= 15 is 0 Å². The van der Waals surface area contributed by atoms with Crippen LogP contribution in [0.25, 0.3) is 0 Å². The Morgan fingerprint density at radius 1 is 1.33 bits per heavy atom. The standard InChI is InChI=1S/C11H13F2NO2.C2H6/c1-6-4-7(10(15)16-3)9(14)5-8(6)11(2,12)13;1-2/h4-5H,14H2,1-3H3;1-2H3. The van der Waals surface area contributed by atoms with Crippen LogP contribution in [0.4, 0.5) is 14.5 Å². The molecule has 1 aromatic carbocycles. The van der Waals surface area contributed by atoms with Crippen LogP contribution in [-0.4, -0.2) is 13.1 Å². The normalized spacial score (nSPS) is 10.4. The Morgan fingerprint density at radius 2 is 1.83 bits per heavy atom. The molecule has 3 nitrogen and oxygen atoms in total. The molecule has 0 bridgehead atoms. The maximum Gasteiger partial charge on any atom is 0.339 e. The van der Waals surface area contributed by atoms with E-state index < -0.39 is 11.9 Å². The minimum atomic E-state index is -2.98. The van der Waals surface area contributed by atoms with Crippen LogP contribution in [0.2, 0.25) is 0 Å². The summed E-state index contributed by atoms with van der Waals surface area (Å²) in [7, 11) is 1.21. The fraction of sp³-hybridized carbons (Fsp3) is 0.462. The summed E-state index contributed by atoms with van der Waals surface area (Å²) in [4.78, 5) is 11.3. The van der Waals surface area contributed by atoms with Crippen LogP contribution in [-0.2, 0) is 10.7 Å². The van der Waals surface area contributed by atoms with Crippen molar-refractivity contribution < 1.29 is 18.3 Å². The highest BCUT2D eigenvalue weighted by atomic mass is 19.3. The zero-order valence-electron chi connectivity index (χ0n) is 11.3. The molecule has 0 aliphatic heterocycles. The number of alkyl halides is 2. The fourth-order valence-electron chi connectivity index (χ4n) is 1.48. The Morgan fingerprint density at radius 3 is 2.22 bits per heavy atom. The van der Waals surface area contributed by atoms with E-state index in [2.05, 4.69) is 4.74 Å². The van der Waals surface area contributed by atoms with E-state index in [0.29, 0.717) is 5.56 Å². The molecule has 0 saturated carbocycles. The van der Waals surface area contributed by atoms with Crippen molar-refractivity contribution in [2.45, 2.75) is 33.6 Å². The molecular formula is C13H19F2NO2. The van der Waals surface area contributed by atoms with Crippen LogP contribution >= 0.6 is 0 Å². The average molecular weight is 259 g/mol. The number of carbonyl (C=O) groups is 1. The molecule has 0 radical (unpaired) electrons. The number of esters is 1. The van der Waals surface area contributed by atoms with Gasteiger partial charge in [-0.15, -0.1) is 0 Å². The van der Waals surface area contributed by atoms with Crippen LogP contribution < -0.4 is 5.73 Å².